The van der Waals surface area contributed by atoms with Crippen molar-refractivity contribution in [2.75, 3.05) is 6.54 Å². The highest BCUT2D eigenvalue weighted by molar-refractivity contribution is 7.91. The Labute approximate surface area is 111 Å². The molecule has 0 aliphatic carbocycles. The lowest BCUT2D eigenvalue weighted by molar-refractivity contribution is 0.247. The molecule has 5 nitrogen and oxygen atoms in total. The summed E-state index contributed by atoms with van der Waals surface area (Å²) in [6.07, 6.45) is 3.70. The van der Waals surface area contributed by atoms with Crippen molar-refractivity contribution in [3.8, 4) is 0 Å². The minimum atomic E-state index is -3.51. The van der Waals surface area contributed by atoms with Crippen molar-refractivity contribution >= 4 is 21.4 Å². The average Bonchev–Trinajstić information content (AvgIpc) is 2.69. The van der Waals surface area contributed by atoms with Gasteiger partial charge in [-0.05, 0) is 26.2 Å². The van der Waals surface area contributed by atoms with E-state index in [0.29, 0.717) is 12.2 Å². The number of nitrogens with zero attached hydrogens (tertiary/aromatic N) is 1. The van der Waals surface area contributed by atoms with Crippen molar-refractivity contribution in [2.24, 2.45) is 0 Å². The molecule has 1 unspecified atom stereocenters. The van der Waals surface area contributed by atoms with Crippen LogP contribution in [-0.2, 0) is 10.0 Å². The van der Waals surface area contributed by atoms with Gasteiger partial charge in [-0.15, -0.1) is 0 Å². The molecule has 1 fully saturated rings. The largest absolute Gasteiger partial charge is 0.315 e. The lowest BCUT2D eigenvalue weighted by atomic mass is 10.0. The van der Waals surface area contributed by atoms with E-state index in [1.165, 1.54) is 0 Å². The van der Waals surface area contributed by atoms with Gasteiger partial charge in [0.1, 0.15) is 0 Å². The number of piperidine rings is 1. The van der Waals surface area contributed by atoms with E-state index < -0.39 is 10.0 Å². The number of sulfonamides is 1. The summed E-state index contributed by atoms with van der Waals surface area (Å²) in [5.41, 5.74) is 0.449. The summed E-state index contributed by atoms with van der Waals surface area (Å²) in [7, 11) is -3.51. The second-order valence-electron chi connectivity index (χ2n) is 4.60. The van der Waals surface area contributed by atoms with E-state index in [4.69, 9.17) is 0 Å². The molecule has 1 atom stereocenters. The van der Waals surface area contributed by atoms with Gasteiger partial charge in [-0.1, -0.05) is 24.7 Å². The molecule has 1 N–H and O–H groups in total. The lowest BCUT2D eigenvalue weighted by Gasteiger charge is -2.33. The monoisotopic (exact) mass is 290 g/mol. The molecule has 2 heterocycles. The summed E-state index contributed by atoms with van der Waals surface area (Å²) in [6, 6.07) is 0.0698. The highest BCUT2D eigenvalue weighted by Gasteiger charge is 2.34. The summed E-state index contributed by atoms with van der Waals surface area (Å²) in [5.74, 6) is 0. The second-order valence-corrected chi connectivity index (χ2v) is 7.67. The number of rotatable bonds is 3. The number of hydrogen-bond acceptors (Lipinski definition) is 4. The maximum atomic E-state index is 12.6. The summed E-state index contributed by atoms with van der Waals surface area (Å²) < 4.78 is 26.9. The fraction of sp³-hybridized carbons (Fsp3) is 0.727. The molecule has 1 aromatic heterocycles. The van der Waals surface area contributed by atoms with Crippen LogP contribution in [-0.4, -0.2) is 30.3 Å². The molecule has 1 aliphatic heterocycles. The van der Waals surface area contributed by atoms with Crippen LogP contribution in [0.15, 0.2) is 9.00 Å². The van der Waals surface area contributed by atoms with Gasteiger partial charge < -0.3 is 4.98 Å². The summed E-state index contributed by atoms with van der Waals surface area (Å²) >= 11 is 0.787. The van der Waals surface area contributed by atoms with Crippen molar-refractivity contribution < 1.29 is 8.42 Å². The maximum Gasteiger partial charge on any atom is 0.305 e. The molecule has 0 amide bonds. The van der Waals surface area contributed by atoms with Gasteiger partial charge in [-0.2, -0.15) is 4.31 Å². The molecule has 102 valence electrons. The maximum absolute atomic E-state index is 12.6. The third kappa shape index (κ3) is 2.39. The van der Waals surface area contributed by atoms with Crippen molar-refractivity contribution in [2.45, 2.75) is 49.8 Å². The third-order valence-corrected chi connectivity index (χ3v) is 6.90. The van der Waals surface area contributed by atoms with Gasteiger partial charge in [0.05, 0.1) is 0 Å². The molecule has 0 bridgehead atoms. The number of H-pyrrole nitrogens is 1. The van der Waals surface area contributed by atoms with Crippen LogP contribution in [0.3, 0.4) is 0 Å². The van der Waals surface area contributed by atoms with Gasteiger partial charge in [0, 0.05) is 18.3 Å². The first-order valence-electron chi connectivity index (χ1n) is 6.18. The molecule has 2 rings (SSSR count). The van der Waals surface area contributed by atoms with Crippen LogP contribution in [0.1, 0.15) is 38.3 Å². The Morgan fingerprint density at radius 3 is 2.72 bits per heavy atom. The van der Waals surface area contributed by atoms with Crippen LogP contribution in [0.5, 0.6) is 0 Å². The zero-order valence-corrected chi connectivity index (χ0v) is 12.2. The predicted molar refractivity (Wildman–Crippen MR) is 71.5 cm³/mol. The quantitative estimate of drug-likeness (QED) is 0.921. The normalized spacial score (nSPS) is 22.2. The van der Waals surface area contributed by atoms with Crippen molar-refractivity contribution in [1.82, 2.24) is 9.29 Å². The molecule has 0 aromatic carbocycles. The Bertz CT molecular complexity index is 573. The summed E-state index contributed by atoms with van der Waals surface area (Å²) in [6.45, 7) is 4.20. The Morgan fingerprint density at radius 1 is 1.44 bits per heavy atom. The van der Waals surface area contributed by atoms with Crippen LogP contribution >= 0.6 is 11.3 Å². The number of aryl methyl sites for hydroxylation is 1. The Kier molecular flexibility index (Phi) is 3.93. The van der Waals surface area contributed by atoms with Crippen LogP contribution < -0.4 is 4.87 Å². The number of nitrogens with one attached hydrogen (secondary N) is 1. The smallest absolute Gasteiger partial charge is 0.305 e. The topological polar surface area (TPSA) is 70.2 Å². The minimum absolute atomic E-state index is 0.0698. The fourth-order valence-electron chi connectivity index (χ4n) is 2.44. The van der Waals surface area contributed by atoms with Crippen LogP contribution in [0.4, 0.5) is 0 Å². The molecular formula is C11H18N2O3S2. The predicted octanol–water partition coefficient (Wildman–Crippen LogP) is 1.70. The third-order valence-electron chi connectivity index (χ3n) is 3.37. The standard InChI is InChI=1S/C11H18N2O3S2/c1-3-9-6-4-5-7-13(9)18(15,16)10-8(2)12-11(14)17-10/h9H,3-7H2,1-2H3,(H,12,14). The molecule has 18 heavy (non-hydrogen) atoms. The average molecular weight is 290 g/mol. The molecule has 1 aromatic rings. The lowest BCUT2D eigenvalue weighted by Crippen LogP contribution is -2.43. The summed E-state index contributed by atoms with van der Waals surface area (Å²) in [5, 5.41) is 0. The van der Waals surface area contributed by atoms with Crippen LogP contribution in [0.25, 0.3) is 0 Å². The molecule has 1 saturated heterocycles. The van der Waals surface area contributed by atoms with E-state index in [2.05, 4.69) is 4.98 Å². The number of aromatic amines is 1. The van der Waals surface area contributed by atoms with E-state index in [1.54, 1.807) is 11.2 Å². The highest BCUT2D eigenvalue weighted by atomic mass is 32.2. The minimum Gasteiger partial charge on any atom is -0.315 e. The van der Waals surface area contributed by atoms with Gasteiger partial charge in [-0.25, -0.2) is 8.42 Å². The SMILES string of the molecule is CCC1CCCCN1S(=O)(=O)c1sc(=O)[nH]c1C. The molecule has 1 aliphatic rings. The second kappa shape index (κ2) is 5.14. The molecule has 0 saturated carbocycles. The fourth-order valence-corrected chi connectivity index (χ4v) is 5.62. The van der Waals surface area contributed by atoms with E-state index in [9.17, 15) is 13.2 Å². The number of thiazole rings is 1. The van der Waals surface area contributed by atoms with Crippen molar-refractivity contribution in [3.05, 3.63) is 15.4 Å². The van der Waals surface area contributed by atoms with Gasteiger partial charge in [0.25, 0.3) is 10.0 Å². The van der Waals surface area contributed by atoms with E-state index in [1.807, 2.05) is 6.92 Å². The zero-order valence-electron chi connectivity index (χ0n) is 10.6. The van der Waals surface area contributed by atoms with Crippen molar-refractivity contribution in [1.29, 1.82) is 0 Å². The number of aromatic nitrogens is 1. The van der Waals surface area contributed by atoms with Gasteiger partial charge in [0.15, 0.2) is 4.21 Å². The van der Waals surface area contributed by atoms with E-state index >= 15 is 0 Å². The Balaban J connectivity index is 2.41. The van der Waals surface area contributed by atoms with E-state index in [-0.39, 0.29) is 15.1 Å². The highest BCUT2D eigenvalue weighted by Crippen LogP contribution is 2.29. The van der Waals surface area contributed by atoms with Gasteiger partial charge in [0.2, 0.25) is 0 Å². The van der Waals surface area contributed by atoms with Crippen LogP contribution in [0.2, 0.25) is 0 Å². The van der Waals surface area contributed by atoms with Crippen molar-refractivity contribution in [3.63, 3.8) is 0 Å². The number of hydrogen-bond donors (Lipinski definition) is 1. The first kappa shape index (κ1) is 13.8. The Morgan fingerprint density at radius 2 is 2.17 bits per heavy atom. The van der Waals surface area contributed by atoms with Gasteiger partial charge in [-0.3, -0.25) is 4.79 Å². The summed E-state index contributed by atoms with van der Waals surface area (Å²) in [4.78, 5) is 13.5. The first-order chi connectivity index (χ1) is 8.46. The molecule has 7 heteroatoms. The van der Waals surface area contributed by atoms with E-state index in [0.717, 1.165) is 37.0 Å². The molecular weight excluding hydrogens is 272 g/mol. The Hall–Kier alpha value is -0.660. The van der Waals surface area contributed by atoms with Gasteiger partial charge >= 0.3 is 4.87 Å². The zero-order chi connectivity index (χ0) is 13.3. The first-order valence-corrected chi connectivity index (χ1v) is 8.44. The molecule has 0 radical (unpaired) electrons. The van der Waals surface area contributed by atoms with Crippen LogP contribution in [0, 0.1) is 6.92 Å². The molecule has 0 spiro atoms.